The van der Waals surface area contributed by atoms with E-state index in [0.717, 1.165) is 11.4 Å². The summed E-state index contributed by atoms with van der Waals surface area (Å²) in [4.78, 5) is 14.8. The smallest absolute Gasteiger partial charge is 0.307 e. The Morgan fingerprint density at radius 3 is 2.60 bits per heavy atom. The zero-order valence-electron chi connectivity index (χ0n) is 8.89. The Morgan fingerprint density at radius 1 is 1.40 bits per heavy atom. The summed E-state index contributed by atoms with van der Waals surface area (Å²) in [6.45, 7) is 5.35. The Morgan fingerprint density at radius 2 is 2.07 bits per heavy atom. The first kappa shape index (κ1) is 11.9. The molecule has 6 heteroatoms. The second kappa shape index (κ2) is 5.06. The van der Waals surface area contributed by atoms with Crippen LogP contribution in [0.5, 0.6) is 0 Å². The predicted octanol–water partition coefficient (Wildman–Crippen LogP) is 1.30. The molecule has 1 N–H and O–H groups in total. The van der Waals surface area contributed by atoms with Gasteiger partial charge in [-0.1, -0.05) is 18.7 Å². The molecule has 0 fully saturated rings. The van der Waals surface area contributed by atoms with Crippen molar-refractivity contribution in [2.45, 2.75) is 25.9 Å². The Bertz CT molecular complexity index is 370. The summed E-state index contributed by atoms with van der Waals surface area (Å²) in [7, 11) is 0. The van der Waals surface area contributed by atoms with Crippen LogP contribution >= 0.6 is 11.8 Å². The first-order valence-corrected chi connectivity index (χ1v) is 5.52. The molecule has 0 saturated carbocycles. The average molecular weight is 227 g/mol. The van der Waals surface area contributed by atoms with Gasteiger partial charge in [-0.2, -0.15) is 5.10 Å². The first-order valence-electron chi connectivity index (χ1n) is 4.54. The predicted molar refractivity (Wildman–Crippen MR) is 56.8 cm³/mol. The van der Waals surface area contributed by atoms with Gasteiger partial charge in [0, 0.05) is 5.75 Å². The van der Waals surface area contributed by atoms with Crippen molar-refractivity contribution in [1.29, 1.82) is 0 Å². The number of aryl methyl sites for hydroxylation is 2. The summed E-state index contributed by atoms with van der Waals surface area (Å²) in [6.07, 6.45) is 0. The third-order valence-corrected chi connectivity index (χ3v) is 3.05. The van der Waals surface area contributed by atoms with Crippen molar-refractivity contribution in [3.05, 3.63) is 11.4 Å². The van der Waals surface area contributed by atoms with E-state index in [2.05, 4.69) is 15.2 Å². The highest BCUT2D eigenvalue weighted by Crippen LogP contribution is 2.16. The number of nitrogens with zero attached hydrogens (tertiary/aromatic N) is 3. The number of aliphatic carboxylic acids is 1. The largest absolute Gasteiger partial charge is 0.481 e. The minimum atomic E-state index is -0.806. The lowest BCUT2D eigenvalue weighted by Crippen LogP contribution is -2.12. The van der Waals surface area contributed by atoms with Crippen LogP contribution in [0.1, 0.15) is 18.3 Å². The minimum absolute atomic E-state index is 0.403. The SMILES string of the molecule is Cc1nnc(SCC(C)C(=O)O)nc1C. The zero-order valence-corrected chi connectivity index (χ0v) is 9.71. The summed E-state index contributed by atoms with van der Waals surface area (Å²) in [5.74, 6) is -0.751. The van der Waals surface area contributed by atoms with E-state index in [-0.39, 0.29) is 0 Å². The Kier molecular flexibility index (Phi) is 4.02. The summed E-state index contributed by atoms with van der Waals surface area (Å²) in [5.41, 5.74) is 1.63. The highest BCUT2D eigenvalue weighted by molar-refractivity contribution is 7.99. The van der Waals surface area contributed by atoms with Gasteiger partial charge in [-0.3, -0.25) is 4.79 Å². The molecule has 0 aromatic carbocycles. The molecule has 0 aliphatic carbocycles. The maximum Gasteiger partial charge on any atom is 0.307 e. The van der Waals surface area contributed by atoms with Crippen LogP contribution in [0.3, 0.4) is 0 Å². The molecule has 1 aromatic heterocycles. The van der Waals surface area contributed by atoms with Crippen molar-refractivity contribution in [3.63, 3.8) is 0 Å². The van der Waals surface area contributed by atoms with Gasteiger partial charge in [0.05, 0.1) is 17.3 Å². The molecular weight excluding hydrogens is 214 g/mol. The van der Waals surface area contributed by atoms with Crippen LogP contribution in [0, 0.1) is 19.8 Å². The number of rotatable bonds is 4. The van der Waals surface area contributed by atoms with E-state index in [4.69, 9.17) is 5.11 Å². The van der Waals surface area contributed by atoms with Crippen LogP contribution < -0.4 is 0 Å². The molecule has 5 nitrogen and oxygen atoms in total. The number of thioether (sulfide) groups is 1. The Labute approximate surface area is 92.3 Å². The average Bonchev–Trinajstić information content (AvgIpc) is 2.19. The number of hydrogen-bond acceptors (Lipinski definition) is 5. The molecule has 1 heterocycles. The van der Waals surface area contributed by atoms with Gasteiger partial charge in [0.1, 0.15) is 0 Å². The van der Waals surface area contributed by atoms with Crippen molar-refractivity contribution < 1.29 is 9.90 Å². The Balaban J connectivity index is 2.58. The minimum Gasteiger partial charge on any atom is -0.481 e. The second-order valence-corrected chi connectivity index (χ2v) is 4.30. The maximum atomic E-state index is 10.6. The van der Waals surface area contributed by atoms with Crippen LogP contribution in [0.2, 0.25) is 0 Å². The maximum absolute atomic E-state index is 10.6. The third kappa shape index (κ3) is 3.47. The highest BCUT2D eigenvalue weighted by Gasteiger charge is 2.12. The van der Waals surface area contributed by atoms with E-state index in [9.17, 15) is 4.79 Å². The van der Waals surface area contributed by atoms with E-state index in [1.54, 1.807) is 6.92 Å². The van der Waals surface area contributed by atoms with Gasteiger partial charge in [-0.15, -0.1) is 5.10 Å². The molecule has 0 saturated heterocycles. The fourth-order valence-corrected chi connectivity index (χ4v) is 1.61. The Hall–Kier alpha value is -1.17. The molecule has 0 radical (unpaired) electrons. The summed E-state index contributed by atoms with van der Waals surface area (Å²) >= 11 is 1.31. The van der Waals surface area contributed by atoms with Crippen molar-refractivity contribution in [1.82, 2.24) is 15.2 Å². The van der Waals surface area contributed by atoms with Gasteiger partial charge in [0.2, 0.25) is 5.16 Å². The molecule has 0 spiro atoms. The molecule has 15 heavy (non-hydrogen) atoms. The van der Waals surface area contributed by atoms with E-state index < -0.39 is 11.9 Å². The molecule has 0 amide bonds. The van der Waals surface area contributed by atoms with E-state index in [1.807, 2.05) is 13.8 Å². The van der Waals surface area contributed by atoms with Crippen molar-refractivity contribution in [3.8, 4) is 0 Å². The van der Waals surface area contributed by atoms with Crippen molar-refractivity contribution >= 4 is 17.7 Å². The van der Waals surface area contributed by atoms with Gasteiger partial charge in [-0.25, -0.2) is 4.98 Å². The van der Waals surface area contributed by atoms with E-state index in [1.165, 1.54) is 11.8 Å². The molecule has 1 unspecified atom stereocenters. The van der Waals surface area contributed by atoms with Gasteiger partial charge < -0.3 is 5.11 Å². The van der Waals surface area contributed by atoms with Gasteiger partial charge in [0.15, 0.2) is 0 Å². The van der Waals surface area contributed by atoms with E-state index >= 15 is 0 Å². The van der Waals surface area contributed by atoms with Gasteiger partial charge in [0.25, 0.3) is 0 Å². The van der Waals surface area contributed by atoms with E-state index in [0.29, 0.717) is 10.9 Å². The molecule has 0 bridgehead atoms. The quantitative estimate of drug-likeness (QED) is 0.781. The molecule has 0 aliphatic heterocycles. The monoisotopic (exact) mass is 227 g/mol. The fraction of sp³-hybridized carbons (Fsp3) is 0.556. The third-order valence-electron chi connectivity index (χ3n) is 1.96. The van der Waals surface area contributed by atoms with Gasteiger partial charge >= 0.3 is 5.97 Å². The molecular formula is C9H13N3O2S. The zero-order chi connectivity index (χ0) is 11.4. The molecule has 1 rings (SSSR count). The van der Waals surface area contributed by atoms with Crippen LogP contribution in [0.4, 0.5) is 0 Å². The molecule has 0 aliphatic rings. The normalized spacial score (nSPS) is 12.5. The van der Waals surface area contributed by atoms with Gasteiger partial charge in [-0.05, 0) is 13.8 Å². The molecule has 82 valence electrons. The lowest BCUT2D eigenvalue weighted by atomic mass is 10.2. The number of carboxylic acid groups (broad SMARTS) is 1. The fourth-order valence-electron chi connectivity index (χ4n) is 0.769. The summed E-state index contributed by atoms with van der Waals surface area (Å²) < 4.78 is 0. The topological polar surface area (TPSA) is 76.0 Å². The summed E-state index contributed by atoms with van der Waals surface area (Å²) in [5, 5.41) is 17.0. The number of carbonyl (C=O) groups is 1. The molecule has 1 aromatic rings. The second-order valence-electron chi connectivity index (χ2n) is 3.32. The number of carboxylic acids is 1. The lowest BCUT2D eigenvalue weighted by molar-refractivity contribution is -0.140. The number of hydrogen-bond donors (Lipinski definition) is 1. The van der Waals surface area contributed by atoms with Crippen LogP contribution in [-0.4, -0.2) is 32.0 Å². The van der Waals surface area contributed by atoms with Crippen molar-refractivity contribution in [2.75, 3.05) is 5.75 Å². The highest BCUT2D eigenvalue weighted by atomic mass is 32.2. The van der Waals surface area contributed by atoms with Crippen LogP contribution in [0.25, 0.3) is 0 Å². The lowest BCUT2D eigenvalue weighted by Gasteiger charge is -2.04. The standard InChI is InChI=1S/C9H13N3O2S/c1-5(8(13)14)4-15-9-10-6(2)7(3)11-12-9/h5H,4H2,1-3H3,(H,13,14). The summed E-state index contributed by atoms with van der Waals surface area (Å²) in [6, 6.07) is 0. The van der Waals surface area contributed by atoms with Crippen LogP contribution in [-0.2, 0) is 4.79 Å². The van der Waals surface area contributed by atoms with Crippen LogP contribution in [0.15, 0.2) is 5.16 Å². The first-order chi connectivity index (χ1) is 7.00. The molecule has 1 atom stereocenters. The number of aromatic nitrogens is 3. The van der Waals surface area contributed by atoms with Crippen molar-refractivity contribution in [2.24, 2.45) is 5.92 Å².